The van der Waals surface area contributed by atoms with Gasteiger partial charge in [-0.3, -0.25) is 0 Å². The third-order valence-electron chi connectivity index (χ3n) is 15.1. The highest BCUT2D eigenvalue weighted by Crippen LogP contribution is 2.52. The van der Waals surface area contributed by atoms with Gasteiger partial charge in [-0.05, 0) is 169 Å². The fourth-order valence-corrected chi connectivity index (χ4v) is 11.0. The first-order valence-corrected chi connectivity index (χ1v) is 22.2. The third kappa shape index (κ3) is 5.95. The lowest BCUT2D eigenvalue weighted by Gasteiger charge is -2.48. The first-order chi connectivity index (χ1) is 26.9. The van der Waals surface area contributed by atoms with Gasteiger partial charge in [0.1, 0.15) is 0 Å². The Kier molecular flexibility index (Phi) is 8.39. The maximum Gasteiger partial charge on any atom is 0.252 e. The van der Waals surface area contributed by atoms with Gasteiger partial charge in [0.2, 0.25) is 0 Å². The number of rotatable bonds is 2. The average Bonchev–Trinajstić information content (AvgIpc) is 3.14. The molecule has 300 valence electrons. The molecule has 0 amide bonds. The molecule has 4 aliphatic rings. The van der Waals surface area contributed by atoms with Crippen molar-refractivity contribution in [1.82, 2.24) is 0 Å². The van der Waals surface area contributed by atoms with E-state index in [1.165, 1.54) is 115 Å². The van der Waals surface area contributed by atoms with Crippen LogP contribution in [0.15, 0.2) is 84.9 Å². The van der Waals surface area contributed by atoms with Crippen LogP contribution in [0.4, 0.5) is 34.1 Å². The van der Waals surface area contributed by atoms with Crippen LogP contribution >= 0.6 is 0 Å². The second-order valence-corrected chi connectivity index (χ2v) is 23.4. The van der Waals surface area contributed by atoms with E-state index in [0.717, 1.165) is 0 Å². The molecule has 5 aromatic rings. The van der Waals surface area contributed by atoms with E-state index in [2.05, 4.69) is 199 Å². The Hall–Kier alpha value is -4.24. The topological polar surface area (TPSA) is 6.48 Å². The minimum atomic E-state index is 0.0114. The number of hydrogen-bond acceptors (Lipinski definition) is 2. The maximum atomic E-state index is 2.69. The quantitative estimate of drug-likeness (QED) is 0.162. The average molecular weight is 767 g/mol. The summed E-state index contributed by atoms with van der Waals surface area (Å²) >= 11 is 0. The van der Waals surface area contributed by atoms with Crippen molar-refractivity contribution < 1.29 is 0 Å². The molecule has 0 fully saturated rings. The normalized spacial score (nSPS) is 19.5. The second-order valence-electron chi connectivity index (χ2n) is 23.4. The fourth-order valence-electron chi connectivity index (χ4n) is 11.0. The molecule has 3 heteroatoms. The van der Waals surface area contributed by atoms with Gasteiger partial charge in [0.15, 0.2) is 0 Å². The molecular formula is C55H67BN2. The monoisotopic (exact) mass is 767 g/mol. The summed E-state index contributed by atoms with van der Waals surface area (Å²) in [7, 11) is 0. The van der Waals surface area contributed by atoms with Crippen molar-refractivity contribution in [3.05, 3.63) is 124 Å². The van der Waals surface area contributed by atoms with E-state index in [4.69, 9.17) is 0 Å². The number of anilines is 6. The molecule has 0 atom stereocenters. The molecule has 2 heterocycles. The van der Waals surface area contributed by atoms with Gasteiger partial charge in [-0.2, -0.15) is 0 Å². The van der Waals surface area contributed by atoms with Crippen LogP contribution in [0.5, 0.6) is 0 Å². The van der Waals surface area contributed by atoms with E-state index in [1.807, 2.05) is 0 Å². The Morgan fingerprint density at radius 2 is 0.931 bits per heavy atom. The van der Waals surface area contributed by atoms with Crippen LogP contribution in [0.25, 0.3) is 0 Å². The van der Waals surface area contributed by atoms with Gasteiger partial charge in [-0.15, -0.1) is 0 Å². The zero-order valence-electron chi connectivity index (χ0n) is 38.4. The molecule has 58 heavy (non-hydrogen) atoms. The summed E-state index contributed by atoms with van der Waals surface area (Å²) in [5.41, 5.74) is 22.6. The molecule has 0 N–H and O–H groups in total. The standard InChI is InChI=1S/C55H67BN2/c1-34-27-47-49-48(28-34)58(38-20-21-39-40(31-38)53(10,11)24-23-52(39,8)9)46-33-42-41(54(12,13)25-26-55(42,14)15)32-44(46)56(49)43-30-36(51(5,6)7)19-22-45(43)57(47)37-18-16-17-35(29-37)50(2,3)4/h16-22,27-33H,23-26H2,1-15H3. The lowest BCUT2D eigenvalue weighted by molar-refractivity contribution is 0.332. The lowest BCUT2D eigenvalue weighted by Crippen LogP contribution is -2.62. The van der Waals surface area contributed by atoms with E-state index in [1.54, 1.807) is 0 Å². The van der Waals surface area contributed by atoms with Gasteiger partial charge in [0, 0.05) is 34.1 Å². The van der Waals surface area contributed by atoms with Crippen LogP contribution < -0.4 is 26.2 Å². The Morgan fingerprint density at radius 1 is 0.448 bits per heavy atom. The van der Waals surface area contributed by atoms with E-state index in [-0.39, 0.29) is 39.2 Å². The van der Waals surface area contributed by atoms with E-state index < -0.39 is 0 Å². The van der Waals surface area contributed by atoms with Crippen LogP contribution in [0, 0.1) is 6.92 Å². The molecule has 0 aromatic heterocycles. The van der Waals surface area contributed by atoms with Crippen molar-refractivity contribution in [2.24, 2.45) is 0 Å². The minimum absolute atomic E-state index is 0.0114. The summed E-state index contributed by atoms with van der Waals surface area (Å²) in [4.78, 5) is 5.29. The minimum Gasteiger partial charge on any atom is -0.311 e. The molecule has 0 unspecified atom stereocenters. The largest absolute Gasteiger partial charge is 0.311 e. The summed E-state index contributed by atoms with van der Waals surface area (Å²) in [6.07, 6.45) is 4.80. The molecule has 0 spiro atoms. The van der Waals surface area contributed by atoms with Crippen LogP contribution in [-0.2, 0) is 32.5 Å². The first kappa shape index (κ1) is 39.2. The summed E-state index contributed by atoms with van der Waals surface area (Å²) in [6.45, 7) is 36.2. The zero-order valence-corrected chi connectivity index (χ0v) is 38.4. The predicted octanol–water partition coefficient (Wildman–Crippen LogP) is 13.4. The number of nitrogens with zero attached hydrogens (tertiary/aromatic N) is 2. The molecule has 2 aliphatic carbocycles. The van der Waals surface area contributed by atoms with Crippen molar-refractivity contribution >= 4 is 57.2 Å². The molecular weight excluding hydrogens is 699 g/mol. The van der Waals surface area contributed by atoms with Gasteiger partial charge in [-0.1, -0.05) is 133 Å². The van der Waals surface area contributed by atoms with Crippen molar-refractivity contribution in [3.63, 3.8) is 0 Å². The predicted molar refractivity (Wildman–Crippen MR) is 253 cm³/mol. The van der Waals surface area contributed by atoms with Crippen LogP contribution in [-0.4, -0.2) is 6.71 Å². The highest BCUT2D eigenvalue weighted by Gasteiger charge is 2.47. The van der Waals surface area contributed by atoms with E-state index >= 15 is 0 Å². The first-order valence-electron chi connectivity index (χ1n) is 22.2. The molecule has 2 nitrogen and oxygen atoms in total. The Labute approximate surface area is 351 Å². The Morgan fingerprint density at radius 3 is 1.52 bits per heavy atom. The van der Waals surface area contributed by atoms with Gasteiger partial charge in [0.25, 0.3) is 6.71 Å². The van der Waals surface area contributed by atoms with Crippen LogP contribution in [0.1, 0.15) is 162 Å². The van der Waals surface area contributed by atoms with Crippen LogP contribution in [0.2, 0.25) is 0 Å². The maximum absolute atomic E-state index is 2.69. The highest BCUT2D eigenvalue weighted by atomic mass is 15.2. The molecule has 5 aromatic carbocycles. The number of hydrogen-bond donors (Lipinski definition) is 0. The summed E-state index contributed by atoms with van der Waals surface area (Å²) in [5.74, 6) is 0. The van der Waals surface area contributed by atoms with Gasteiger partial charge < -0.3 is 9.80 Å². The molecule has 0 saturated heterocycles. The molecule has 0 radical (unpaired) electrons. The smallest absolute Gasteiger partial charge is 0.252 e. The summed E-state index contributed by atoms with van der Waals surface area (Å²) in [5, 5.41) is 0. The molecule has 0 bridgehead atoms. The van der Waals surface area contributed by atoms with Crippen molar-refractivity contribution in [3.8, 4) is 0 Å². The summed E-state index contributed by atoms with van der Waals surface area (Å²) in [6, 6.07) is 34.6. The van der Waals surface area contributed by atoms with E-state index in [0.29, 0.717) is 0 Å². The van der Waals surface area contributed by atoms with Gasteiger partial charge >= 0.3 is 0 Å². The van der Waals surface area contributed by atoms with Crippen molar-refractivity contribution in [2.75, 3.05) is 9.80 Å². The Bertz CT molecular complexity index is 2510. The van der Waals surface area contributed by atoms with Crippen molar-refractivity contribution in [1.29, 1.82) is 0 Å². The number of fused-ring (bicyclic) bond motifs is 6. The van der Waals surface area contributed by atoms with Crippen molar-refractivity contribution in [2.45, 2.75) is 162 Å². The van der Waals surface area contributed by atoms with Gasteiger partial charge in [0.05, 0.1) is 0 Å². The summed E-state index contributed by atoms with van der Waals surface area (Å²) < 4.78 is 0. The third-order valence-corrected chi connectivity index (χ3v) is 15.1. The zero-order chi connectivity index (χ0) is 41.7. The molecule has 0 saturated carbocycles. The molecule has 9 rings (SSSR count). The molecule has 2 aliphatic heterocycles. The second kappa shape index (κ2) is 12.4. The SMILES string of the molecule is Cc1cc2c3c(c1)N(c1ccc4c(c1)C(C)(C)CCC4(C)C)c1cc4c(cc1B3c1cc(C(C)(C)C)ccc1N2c1cccc(C(C)(C)C)c1)C(C)(C)CCC4(C)C. The Balaban J connectivity index is 1.41. The lowest BCUT2D eigenvalue weighted by atomic mass is 9.33. The fraction of sp³-hybridized carbons (Fsp3) is 0.455. The van der Waals surface area contributed by atoms with E-state index in [9.17, 15) is 0 Å². The van der Waals surface area contributed by atoms with Crippen LogP contribution in [0.3, 0.4) is 0 Å². The van der Waals surface area contributed by atoms with Gasteiger partial charge in [-0.25, -0.2) is 0 Å². The number of benzene rings is 5. The number of aryl methyl sites for hydroxylation is 1. The highest BCUT2D eigenvalue weighted by molar-refractivity contribution is 7.00.